The van der Waals surface area contributed by atoms with Crippen molar-refractivity contribution in [1.29, 1.82) is 0 Å². The highest BCUT2D eigenvalue weighted by atomic mass is 16.2. The molecule has 1 aromatic heterocycles. The van der Waals surface area contributed by atoms with Gasteiger partial charge in [0.05, 0.1) is 22.9 Å². The van der Waals surface area contributed by atoms with Crippen LogP contribution < -0.4 is 0 Å². The summed E-state index contributed by atoms with van der Waals surface area (Å²) < 4.78 is 0. The lowest BCUT2D eigenvalue weighted by Crippen LogP contribution is -1.87. The SMILES string of the molecule is CCCCCO.c1ccc(-c2cnc3ccccc3n2)cc1. The number of unbranched alkanes of at least 4 members (excludes halogenated alkanes) is 2. The molecule has 0 amide bonds. The Labute approximate surface area is 131 Å². The zero-order valence-electron chi connectivity index (χ0n) is 12.9. The summed E-state index contributed by atoms with van der Waals surface area (Å²) in [5, 5.41) is 8.20. The van der Waals surface area contributed by atoms with Crippen LogP contribution in [-0.2, 0) is 0 Å². The first-order chi connectivity index (χ1) is 10.8. The third-order valence-electron chi connectivity index (χ3n) is 3.28. The van der Waals surface area contributed by atoms with Crippen molar-refractivity contribution in [2.45, 2.75) is 26.2 Å². The van der Waals surface area contributed by atoms with Gasteiger partial charge < -0.3 is 5.11 Å². The lowest BCUT2D eigenvalue weighted by atomic mass is 10.1. The van der Waals surface area contributed by atoms with Gasteiger partial charge in [0.25, 0.3) is 0 Å². The summed E-state index contributed by atoms with van der Waals surface area (Å²) in [6.07, 6.45) is 5.14. The molecular weight excluding hydrogens is 272 g/mol. The summed E-state index contributed by atoms with van der Waals surface area (Å²) in [6.45, 7) is 2.48. The van der Waals surface area contributed by atoms with Crippen molar-refractivity contribution in [1.82, 2.24) is 9.97 Å². The predicted molar refractivity (Wildman–Crippen MR) is 91.6 cm³/mol. The fraction of sp³-hybridized carbons (Fsp3) is 0.263. The number of para-hydroxylation sites is 2. The van der Waals surface area contributed by atoms with Gasteiger partial charge in [-0.15, -0.1) is 0 Å². The molecule has 1 N–H and O–H groups in total. The van der Waals surface area contributed by atoms with E-state index < -0.39 is 0 Å². The van der Waals surface area contributed by atoms with Gasteiger partial charge in [0.1, 0.15) is 0 Å². The van der Waals surface area contributed by atoms with Crippen molar-refractivity contribution in [3.63, 3.8) is 0 Å². The normalized spacial score (nSPS) is 10.1. The van der Waals surface area contributed by atoms with Crippen LogP contribution in [0.15, 0.2) is 60.8 Å². The van der Waals surface area contributed by atoms with E-state index in [9.17, 15) is 0 Å². The van der Waals surface area contributed by atoms with Gasteiger partial charge in [0, 0.05) is 12.2 Å². The fourth-order valence-electron chi connectivity index (χ4n) is 2.07. The molecule has 0 spiro atoms. The van der Waals surface area contributed by atoms with Crippen LogP contribution in [0.2, 0.25) is 0 Å². The Kier molecular flexibility index (Phi) is 6.52. The maximum atomic E-state index is 8.20. The molecule has 114 valence electrons. The third kappa shape index (κ3) is 4.64. The van der Waals surface area contributed by atoms with Crippen molar-refractivity contribution in [3.8, 4) is 11.3 Å². The Bertz CT molecular complexity index is 679. The summed E-state index contributed by atoms with van der Waals surface area (Å²) in [4.78, 5) is 8.98. The van der Waals surface area contributed by atoms with Gasteiger partial charge in [-0.1, -0.05) is 62.2 Å². The van der Waals surface area contributed by atoms with E-state index in [0.717, 1.165) is 35.1 Å². The highest BCUT2D eigenvalue weighted by Crippen LogP contribution is 2.18. The molecule has 0 aliphatic heterocycles. The molecule has 0 fully saturated rings. The van der Waals surface area contributed by atoms with Crippen LogP contribution in [0.3, 0.4) is 0 Å². The number of aliphatic hydroxyl groups is 1. The molecule has 22 heavy (non-hydrogen) atoms. The molecule has 0 saturated heterocycles. The molecule has 3 heteroatoms. The maximum absolute atomic E-state index is 8.20. The van der Waals surface area contributed by atoms with Crippen LogP contribution in [-0.4, -0.2) is 21.7 Å². The molecule has 0 aliphatic carbocycles. The van der Waals surface area contributed by atoms with Gasteiger partial charge in [-0.05, 0) is 18.6 Å². The molecule has 0 atom stereocenters. The predicted octanol–water partition coefficient (Wildman–Crippen LogP) is 4.47. The second-order valence-corrected chi connectivity index (χ2v) is 5.04. The van der Waals surface area contributed by atoms with E-state index in [-0.39, 0.29) is 0 Å². The van der Waals surface area contributed by atoms with E-state index in [0.29, 0.717) is 6.61 Å². The Morgan fingerprint density at radius 2 is 1.55 bits per heavy atom. The topological polar surface area (TPSA) is 46.0 Å². The second kappa shape index (κ2) is 8.90. The van der Waals surface area contributed by atoms with Crippen LogP contribution in [0.4, 0.5) is 0 Å². The number of aliphatic hydroxyl groups excluding tert-OH is 1. The first-order valence-corrected chi connectivity index (χ1v) is 7.73. The largest absolute Gasteiger partial charge is 0.396 e. The number of benzene rings is 2. The molecule has 3 nitrogen and oxygen atoms in total. The highest BCUT2D eigenvalue weighted by Gasteiger charge is 2.00. The second-order valence-electron chi connectivity index (χ2n) is 5.04. The molecule has 3 aromatic rings. The number of rotatable bonds is 4. The van der Waals surface area contributed by atoms with Crippen molar-refractivity contribution in [2.75, 3.05) is 6.61 Å². The van der Waals surface area contributed by atoms with Gasteiger partial charge >= 0.3 is 0 Å². The Morgan fingerprint density at radius 3 is 2.18 bits per heavy atom. The van der Waals surface area contributed by atoms with Crippen molar-refractivity contribution >= 4 is 11.0 Å². The van der Waals surface area contributed by atoms with Gasteiger partial charge in [-0.25, -0.2) is 4.98 Å². The van der Waals surface area contributed by atoms with Crippen molar-refractivity contribution < 1.29 is 5.11 Å². The van der Waals surface area contributed by atoms with E-state index in [1.54, 1.807) is 0 Å². The Hall–Kier alpha value is -2.26. The van der Waals surface area contributed by atoms with E-state index in [4.69, 9.17) is 5.11 Å². The summed E-state index contributed by atoms with van der Waals surface area (Å²) in [5.74, 6) is 0. The maximum Gasteiger partial charge on any atom is 0.0894 e. The zero-order valence-corrected chi connectivity index (χ0v) is 12.9. The summed E-state index contributed by atoms with van der Waals surface area (Å²) >= 11 is 0. The van der Waals surface area contributed by atoms with Crippen LogP contribution in [0.5, 0.6) is 0 Å². The van der Waals surface area contributed by atoms with E-state index >= 15 is 0 Å². The zero-order chi connectivity index (χ0) is 15.6. The van der Waals surface area contributed by atoms with E-state index in [1.165, 1.54) is 6.42 Å². The monoisotopic (exact) mass is 294 g/mol. The molecular formula is C19H22N2O. The number of nitrogens with zero attached hydrogens (tertiary/aromatic N) is 2. The van der Waals surface area contributed by atoms with Crippen molar-refractivity contribution in [2.24, 2.45) is 0 Å². The standard InChI is InChI=1S/C14H10N2.C5H12O/c1-2-6-11(7-3-1)14-10-15-12-8-4-5-9-13(12)16-14;1-2-3-4-5-6/h1-10H;6H,2-5H2,1H3. The Morgan fingerprint density at radius 1 is 0.864 bits per heavy atom. The summed E-state index contributed by atoms with van der Waals surface area (Å²) in [7, 11) is 0. The molecule has 1 heterocycles. The average Bonchev–Trinajstić information content (AvgIpc) is 2.61. The minimum absolute atomic E-state index is 0.355. The molecule has 2 aromatic carbocycles. The molecule has 0 unspecified atom stereocenters. The van der Waals surface area contributed by atoms with Gasteiger partial charge in [-0.3, -0.25) is 4.98 Å². The smallest absolute Gasteiger partial charge is 0.0894 e. The lowest BCUT2D eigenvalue weighted by molar-refractivity contribution is 0.284. The minimum Gasteiger partial charge on any atom is -0.396 e. The van der Waals surface area contributed by atoms with E-state index in [1.807, 2.05) is 60.8 Å². The third-order valence-corrected chi connectivity index (χ3v) is 3.28. The Balaban J connectivity index is 0.000000254. The minimum atomic E-state index is 0.355. The highest BCUT2D eigenvalue weighted by molar-refractivity contribution is 5.76. The average molecular weight is 294 g/mol. The molecule has 0 bridgehead atoms. The van der Waals surface area contributed by atoms with Gasteiger partial charge in [-0.2, -0.15) is 0 Å². The van der Waals surface area contributed by atoms with Gasteiger partial charge in [0.2, 0.25) is 0 Å². The lowest BCUT2D eigenvalue weighted by Gasteiger charge is -2.01. The molecule has 0 aliphatic rings. The van der Waals surface area contributed by atoms with Crippen molar-refractivity contribution in [3.05, 3.63) is 60.8 Å². The van der Waals surface area contributed by atoms with Gasteiger partial charge in [0.15, 0.2) is 0 Å². The molecule has 0 radical (unpaired) electrons. The van der Waals surface area contributed by atoms with Crippen LogP contribution in [0.25, 0.3) is 22.3 Å². The number of hydrogen-bond acceptors (Lipinski definition) is 3. The molecule has 3 rings (SSSR count). The first kappa shape index (κ1) is 16.1. The van der Waals surface area contributed by atoms with Crippen LogP contribution >= 0.6 is 0 Å². The van der Waals surface area contributed by atoms with Crippen LogP contribution in [0, 0.1) is 0 Å². The number of hydrogen-bond donors (Lipinski definition) is 1. The molecule has 0 saturated carbocycles. The summed E-state index contributed by atoms with van der Waals surface area (Å²) in [5.41, 5.74) is 3.88. The first-order valence-electron chi connectivity index (χ1n) is 7.73. The fourth-order valence-corrected chi connectivity index (χ4v) is 2.07. The number of aromatic nitrogens is 2. The van der Waals surface area contributed by atoms with Crippen LogP contribution in [0.1, 0.15) is 26.2 Å². The quantitative estimate of drug-likeness (QED) is 0.722. The van der Waals surface area contributed by atoms with E-state index in [2.05, 4.69) is 16.9 Å². The number of fused-ring (bicyclic) bond motifs is 1. The summed E-state index contributed by atoms with van der Waals surface area (Å²) in [6, 6.07) is 18.0.